The number of hydrogen-bond donors (Lipinski definition) is 1. The second-order valence-corrected chi connectivity index (χ2v) is 6.22. The van der Waals surface area contributed by atoms with Crippen LogP contribution in [0.1, 0.15) is 0 Å². The minimum atomic E-state index is 0.376. The summed E-state index contributed by atoms with van der Waals surface area (Å²) >= 11 is 0. The summed E-state index contributed by atoms with van der Waals surface area (Å²) in [4.78, 5) is 8.49. The highest BCUT2D eigenvalue weighted by Crippen LogP contribution is 2.38. The first-order chi connectivity index (χ1) is 12.7. The summed E-state index contributed by atoms with van der Waals surface area (Å²) in [6, 6.07) is 10.1. The molecule has 4 aromatic heterocycles. The standard InChI is InChI=1S/C20H15N5O/c1-25-11-13(9-24-25)17-10-23-20(21)19-16(17)7-18(26-19)15-4-2-3-12-8-22-6-5-14(12)15/h2-11H,1H3,(H2,21,23). The average Bonchev–Trinajstić information content (AvgIpc) is 3.29. The summed E-state index contributed by atoms with van der Waals surface area (Å²) in [5.74, 6) is 1.13. The Labute approximate surface area is 148 Å². The third-order valence-corrected chi connectivity index (χ3v) is 4.55. The first kappa shape index (κ1) is 14.7. The number of nitrogens with zero attached hydrogens (tertiary/aromatic N) is 4. The number of hydrogen-bond acceptors (Lipinski definition) is 5. The van der Waals surface area contributed by atoms with Crippen LogP contribution >= 0.6 is 0 Å². The van der Waals surface area contributed by atoms with Crippen molar-refractivity contribution in [3.05, 3.63) is 61.3 Å². The number of nitrogens with two attached hydrogens (primary N) is 1. The number of furan rings is 1. The maximum absolute atomic E-state index is 6.13. The molecule has 0 amide bonds. The predicted molar refractivity (Wildman–Crippen MR) is 101 cm³/mol. The van der Waals surface area contributed by atoms with Crippen LogP contribution in [0.5, 0.6) is 0 Å². The Balaban J connectivity index is 1.79. The van der Waals surface area contributed by atoms with Crippen molar-refractivity contribution in [1.29, 1.82) is 0 Å². The molecule has 0 bridgehead atoms. The van der Waals surface area contributed by atoms with E-state index < -0.39 is 0 Å². The highest BCUT2D eigenvalue weighted by atomic mass is 16.3. The van der Waals surface area contributed by atoms with Gasteiger partial charge in [0.05, 0.1) is 6.20 Å². The number of aryl methyl sites for hydroxylation is 1. The van der Waals surface area contributed by atoms with Gasteiger partial charge >= 0.3 is 0 Å². The van der Waals surface area contributed by atoms with Crippen LogP contribution in [0.15, 0.2) is 65.7 Å². The van der Waals surface area contributed by atoms with Crippen LogP contribution in [0.4, 0.5) is 5.82 Å². The Morgan fingerprint density at radius 2 is 1.96 bits per heavy atom. The van der Waals surface area contributed by atoms with Gasteiger partial charge in [-0.05, 0) is 17.5 Å². The Bertz CT molecular complexity index is 1260. The second-order valence-electron chi connectivity index (χ2n) is 6.22. The van der Waals surface area contributed by atoms with E-state index in [1.807, 2.05) is 56.0 Å². The molecule has 0 unspecified atom stereocenters. The lowest BCUT2D eigenvalue weighted by atomic mass is 10.0. The second kappa shape index (κ2) is 5.42. The van der Waals surface area contributed by atoms with Gasteiger partial charge in [-0.15, -0.1) is 0 Å². The van der Waals surface area contributed by atoms with Gasteiger partial charge in [-0.3, -0.25) is 9.67 Å². The van der Waals surface area contributed by atoms with Gasteiger partial charge in [-0.2, -0.15) is 5.10 Å². The summed E-state index contributed by atoms with van der Waals surface area (Å²) in [6.07, 6.45) is 9.15. The highest BCUT2D eigenvalue weighted by molar-refractivity contribution is 6.03. The molecule has 126 valence electrons. The first-order valence-corrected chi connectivity index (χ1v) is 8.21. The minimum absolute atomic E-state index is 0.376. The van der Waals surface area contributed by atoms with Crippen LogP contribution in [0.2, 0.25) is 0 Å². The highest BCUT2D eigenvalue weighted by Gasteiger charge is 2.16. The summed E-state index contributed by atoms with van der Waals surface area (Å²) in [5, 5.41) is 7.31. The fraction of sp³-hybridized carbons (Fsp3) is 0.0500. The molecule has 0 saturated heterocycles. The molecule has 0 spiro atoms. The largest absolute Gasteiger partial charge is 0.452 e. The van der Waals surface area contributed by atoms with Crippen molar-refractivity contribution < 1.29 is 4.42 Å². The number of benzene rings is 1. The van der Waals surface area contributed by atoms with E-state index in [2.05, 4.69) is 15.1 Å². The quantitative estimate of drug-likeness (QED) is 0.524. The maximum Gasteiger partial charge on any atom is 0.177 e. The zero-order valence-corrected chi connectivity index (χ0v) is 14.0. The minimum Gasteiger partial charge on any atom is -0.452 e. The van der Waals surface area contributed by atoms with Gasteiger partial charge in [0.25, 0.3) is 0 Å². The van der Waals surface area contributed by atoms with Crippen LogP contribution in [0.25, 0.3) is 44.2 Å². The van der Waals surface area contributed by atoms with Crippen molar-refractivity contribution in [3.63, 3.8) is 0 Å². The molecule has 26 heavy (non-hydrogen) atoms. The van der Waals surface area contributed by atoms with E-state index in [9.17, 15) is 0 Å². The smallest absolute Gasteiger partial charge is 0.177 e. The van der Waals surface area contributed by atoms with Crippen molar-refractivity contribution in [2.24, 2.45) is 7.05 Å². The summed E-state index contributed by atoms with van der Waals surface area (Å²) < 4.78 is 7.89. The van der Waals surface area contributed by atoms with Gasteiger partial charge in [-0.25, -0.2) is 4.98 Å². The van der Waals surface area contributed by atoms with E-state index in [1.165, 1.54) is 0 Å². The molecule has 4 heterocycles. The molecule has 0 saturated carbocycles. The summed E-state index contributed by atoms with van der Waals surface area (Å²) in [6.45, 7) is 0. The van der Waals surface area contributed by atoms with E-state index in [-0.39, 0.29) is 0 Å². The molecular formula is C20H15N5O. The van der Waals surface area contributed by atoms with Gasteiger partial charge in [0, 0.05) is 59.3 Å². The molecule has 0 fully saturated rings. The molecular weight excluding hydrogens is 326 g/mol. The van der Waals surface area contributed by atoms with Crippen LogP contribution < -0.4 is 5.73 Å². The van der Waals surface area contributed by atoms with Crippen LogP contribution in [0, 0.1) is 0 Å². The molecule has 2 N–H and O–H groups in total. The molecule has 0 aliphatic rings. The molecule has 0 aliphatic carbocycles. The normalized spacial score (nSPS) is 11.4. The Hall–Kier alpha value is -3.67. The number of aromatic nitrogens is 4. The van der Waals surface area contributed by atoms with Crippen molar-refractivity contribution in [2.75, 3.05) is 5.73 Å². The molecule has 1 aromatic carbocycles. The molecule has 5 rings (SSSR count). The SMILES string of the molecule is Cn1cc(-c2cnc(N)c3oc(-c4cccc5cnccc45)cc23)cn1. The number of anilines is 1. The number of rotatable bonds is 2. The molecule has 6 heteroatoms. The lowest BCUT2D eigenvalue weighted by Gasteiger charge is -2.02. The topological polar surface area (TPSA) is 82.8 Å². The van der Waals surface area contributed by atoms with Crippen molar-refractivity contribution >= 4 is 27.6 Å². The van der Waals surface area contributed by atoms with E-state index in [0.717, 1.165) is 38.6 Å². The third-order valence-electron chi connectivity index (χ3n) is 4.55. The van der Waals surface area contributed by atoms with E-state index in [4.69, 9.17) is 10.2 Å². The predicted octanol–water partition coefficient (Wildman–Crippen LogP) is 4.03. The Morgan fingerprint density at radius 1 is 1.04 bits per heavy atom. The van der Waals surface area contributed by atoms with Crippen LogP contribution in [-0.2, 0) is 7.05 Å². The molecule has 0 aliphatic heterocycles. The fourth-order valence-corrected chi connectivity index (χ4v) is 3.30. The van der Waals surface area contributed by atoms with Crippen molar-refractivity contribution in [3.8, 4) is 22.5 Å². The fourth-order valence-electron chi connectivity index (χ4n) is 3.30. The molecule has 0 radical (unpaired) electrons. The maximum atomic E-state index is 6.13. The van der Waals surface area contributed by atoms with Gasteiger partial charge in [0.2, 0.25) is 0 Å². The summed E-state index contributed by atoms with van der Waals surface area (Å²) in [7, 11) is 1.89. The van der Waals surface area contributed by atoms with Crippen molar-refractivity contribution in [2.45, 2.75) is 0 Å². The molecule has 0 atom stereocenters. The zero-order chi connectivity index (χ0) is 17.7. The first-order valence-electron chi connectivity index (χ1n) is 8.21. The monoisotopic (exact) mass is 341 g/mol. The number of nitrogen functional groups attached to an aromatic ring is 1. The number of pyridine rings is 2. The van der Waals surface area contributed by atoms with Gasteiger partial charge in [0.15, 0.2) is 11.4 Å². The Morgan fingerprint density at radius 3 is 2.81 bits per heavy atom. The third kappa shape index (κ3) is 2.16. The summed E-state index contributed by atoms with van der Waals surface area (Å²) in [5.41, 5.74) is 9.58. The zero-order valence-electron chi connectivity index (χ0n) is 14.0. The van der Waals surface area contributed by atoms with Crippen LogP contribution in [0.3, 0.4) is 0 Å². The lowest BCUT2D eigenvalue weighted by molar-refractivity contribution is 0.632. The van der Waals surface area contributed by atoms with Crippen molar-refractivity contribution in [1.82, 2.24) is 19.7 Å². The van der Waals surface area contributed by atoms with E-state index >= 15 is 0 Å². The lowest BCUT2D eigenvalue weighted by Crippen LogP contribution is -1.91. The van der Waals surface area contributed by atoms with E-state index in [1.54, 1.807) is 17.1 Å². The Kier molecular flexibility index (Phi) is 3.05. The van der Waals surface area contributed by atoms with Gasteiger partial charge < -0.3 is 10.2 Å². The van der Waals surface area contributed by atoms with Crippen LogP contribution in [-0.4, -0.2) is 19.7 Å². The van der Waals surface area contributed by atoms with Gasteiger partial charge in [-0.1, -0.05) is 18.2 Å². The van der Waals surface area contributed by atoms with E-state index in [0.29, 0.717) is 11.4 Å². The molecule has 6 nitrogen and oxygen atoms in total. The average molecular weight is 341 g/mol. The number of fused-ring (bicyclic) bond motifs is 2. The molecule has 5 aromatic rings. The van der Waals surface area contributed by atoms with Gasteiger partial charge in [0.1, 0.15) is 5.76 Å².